The summed E-state index contributed by atoms with van der Waals surface area (Å²) >= 11 is 1.90. The van der Waals surface area contributed by atoms with Crippen LogP contribution >= 0.6 is 11.3 Å². The normalized spacial score (nSPS) is 18.0. The van der Waals surface area contributed by atoms with Crippen molar-refractivity contribution < 1.29 is 0 Å². The second kappa shape index (κ2) is 16.2. The fraction of sp³-hybridized carbons (Fsp3) is 0.107. The van der Waals surface area contributed by atoms with Gasteiger partial charge in [0.2, 0.25) is 0 Å². The summed E-state index contributed by atoms with van der Waals surface area (Å²) in [6, 6.07) is 51.5. The highest BCUT2D eigenvalue weighted by atomic mass is 32.1. The van der Waals surface area contributed by atoms with Gasteiger partial charge < -0.3 is 0 Å². The average molecular weight is 803 g/mol. The van der Waals surface area contributed by atoms with Crippen molar-refractivity contribution in [2.24, 2.45) is 0 Å². The van der Waals surface area contributed by atoms with Gasteiger partial charge in [-0.2, -0.15) is 0 Å². The van der Waals surface area contributed by atoms with Gasteiger partial charge in [-0.1, -0.05) is 170 Å². The topological polar surface area (TPSA) is 51.6 Å². The number of thiophene rings is 1. The van der Waals surface area contributed by atoms with E-state index >= 15 is 0 Å². The van der Waals surface area contributed by atoms with Crippen molar-refractivity contribution >= 4 is 39.1 Å². The van der Waals surface area contributed by atoms with Crippen molar-refractivity contribution in [1.82, 2.24) is 19.9 Å². The predicted molar refractivity (Wildman–Crippen MR) is 253 cm³/mol. The molecule has 0 spiro atoms. The zero-order chi connectivity index (χ0) is 40.5. The third-order valence-electron chi connectivity index (χ3n) is 12.1. The quantitative estimate of drug-likeness (QED) is 0.154. The predicted octanol–water partition coefficient (Wildman–Crippen LogP) is 12.6. The van der Waals surface area contributed by atoms with Crippen molar-refractivity contribution in [3.8, 4) is 45.2 Å². The van der Waals surface area contributed by atoms with Gasteiger partial charge in [0.05, 0.1) is 22.8 Å². The van der Waals surface area contributed by atoms with E-state index in [0.29, 0.717) is 0 Å². The smallest absolute Gasteiger partial charge is 0.160 e. The fourth-order valence-electron chi connectivity index (χ4n) is 8.87. The Hall–Kier alpha value is -7.08. The second-order valence-electron chi connectivity index (χ2n) is 16.1. The molecule has 11 rings (SSSR count). The Labute approximate surface area is 360 Å². The number of hydrogen-bond donors (Lipinski definition) is 0. The van der Waals surface area contributed by atoms with Crippen LogP contribution in [0.5, 0.6) is 0 Å². The Morgan fingerprint density at radius 1 is 0.492 bits per heavy atom. The molecule has 3 aliphatic carbocycles. The van der Waals surface area contributed by atoms with E-state index in [0.717, 1.165) is 81.5 Å². The van der Waals surface area contributed by atoms with Crippen molar-refractivity contribution in [2.45, 2.75) is 37.0 Å². The molecular weight excluding hydrogens is 761 g/mol. The van der Waals surface area contributed by atoms with Gasteiger partial charge in [0, 0.05) is 54.6 Å². The van der Waals surface area contributed by atoms with Crippen LogP contribution in [0.3, 0.4) is 0 Å². The fourth-order valence-corrected chi connectivity index (χ4v) is 9.99. The average Bonchev–Trinajstić information content (AvgIpc) is 3.72. The van der Waals surface area contributed by atoms with E-state index in [2.05, 4.69) is 188 Å². The summed E-state index contributed by atoms with van der Waals surface area (Å²) in [6.45, 7) is 0. The number of aromatic nitrogens is 4. The molecular formula is C56H42N4S. The Bertz CT molecular complexity index is 3120. The number of allylic oxidation sites excluding steroid dienone is 8. The van der Waals surface area contributed by atoms with Crippen molar-refractivity contribution in [1.29, 1.82) is 0 Å². The van der Waals surface area contributed by atoms with E-state index in [1.807, 2.05) is 23.5 Å². The molecule has 3 unspecified atom stereocenters. The SMILES string of the molecule is C1=CCC(c2cc(-c3ccccc3)nc(-c3cccc(C4C=c5c(sc6ccc(C7C=CC=C(c8nc(-c9ccccc9)cc(-c9ccccc9)n8)C7)cc56)=CC4)c3)n2)C=C1. The van der Waals surface area contributed by atoms with Crippen LogP contribution in [0.4, 0.5) is 0 Å². The largest absolute Gasteiger partial charge is 0.232 e. The van der Waals surface area contributed by atoms with Crippen LogP contribution in [0.15, 0.2) is 188 Å². The van der Waals surface area contributed by atoms with E-state index in [4.69, 9.17) is 19.9 Å². The number of rotatable bonds is 8. The molecule has 4 nitrogen and oxygen atoms in total. The zero-order valence-electron chi connectivity index (χ0n) is 33.6. The van der Waals surface area contributed by atoms with Crippen LogP contribution < -0.4 is 9.75 Å². The molecule has 0 amide bonds. The summed E-state index contributed by atoms with van der Waals surface area (Å²) < 4.78 is 2.68. The molecule has 0 aliphatic heterocycles. The van der Waals surface area contributed by atoms with Crippen LogP contribution in [0.25, 0.3) is 73.0 Å². The first-order chi connectivity index (χ1) is 30.2. The lowest BCUT2D eigenvalue weighted by atomic mass is 9.86. The maximum Gasteiger partial charge on any atom is 0.160 e. The number of benzene rings is 5. The van der Waals surface area contributed by atoms with Crippen molar-refractivity contribution in [3.05, 3.63) is 221 Å². The summed E-state index contributed by atoms with van der Waals surface area (Å²) in [5, 5.41) is 2.66. The lowest BCUT2D eigenvalue weighted by Crippen LogP contribution is -2.23. The molecule has 0 fully saturated rings. The van der Waals surface area contributed by atoms with Crippen LogP contribution in [0.1, 0.15) is 59.7 Å². The van der Waals surface area contributed by atoms with Gasteiger partial charge in [0.15, 0.2) is 11.6 Å². The molecule has 8 aromatic rings. The highest BCUT2D eigenvalue weighted by Crippen LogP contribution is 2.37. The molecule has 0 radical (unpaired) electrons. The minimum absolute atomic E-state index is 0.209. The molecule has 0 N–H and O–H groups in total. The molecule has 0 saturated heterocycles. The number of fused-ring (bicyclic) bond motifs is 3. The molecule has 0 saturated carbocycles. The highest BCUT2D eigenvalue weighted by molar-refractivity contribution is 7.17. The first-order valence-corrected chi connectivity index (χ1v) is 22.0. The van der Waals surface area contributed by atoms with E-state index in [1.165, 1.54) is 31.0 Å². The summed E-state index contributed by atoms with van der Waals surface area (Å²) in [4.78, 5) is 20.6. The Morgan fingerprint density at radius 2 is 1.15 bits per heavy atom. The molecule has 61 heavy (non-hydrogen) atoms. The summed E-state index contributed by atoms with van der Waals surface area (Å²) in [7, 11) is 0. The summed E-state index contributed by atoms with van der Waals surface area (Å²) in [5.74, 6) is 2.24. The summed E-state index contributed by atoms with van der Waals surface area (Å²) in [6.07, 6.45) is 23.1. The van der Waals surface area contributed by atoms with Gasteiger partial charge in [-0.3, -0.25) is 0 Å². The molecule has 3 aromatic heterocycles. The highest BCUT2D eigenvalue weighted by Gasteiger charge is 2.22. The second-order valence-corrected chi connectivity index (χ2v) is 17.2. The third kappa shape index (κ3) is 7.54. The minimum Gasteiger partial charge on any atom is -0.232 e. The van der Waals surface area contributed by atoms with E-state index < -0.39 is 0 Å². The van der Waals surface area contributed by atoms with Gasteiger partial charge in [0.25, 0.3) is 0 Å². The van der Waals surface area contributed by atoms with Crippen LogP contribution in [-0.4, -0.2) is 19.9 Å². The van der Waals surface area contributed by atoms with Crippen LogP contribution in [0, 0.1) is 0 Å². The summed E-state index contributed by atoms with van der Waals surface area (Å²) in [5.41, 5.74) is 11.9. The van der Waals surface area contributed by atoms with Crippen LogP contribution in [-0.2, 0) is 0 Å². The molecule has 3 atom stereocenters. The first kappa shape index (κ1) is 37.0. The minimum atomic E-state index is 0.209. The van der Waals surface area contributed by atoms with Gasteiger partial charge in [-0.25, -0.2) is 19.9 Å². The standard InChI is InChI=1S/C56H42N4S/c1-5-15-37(16-6-1)49-35-50(38-17-7-2-8-18-38)58-55(57-49)45-25-13-23-41(31-45)43-27-29-53-47(33-43)48-34-44(28-30-54(48)61-53)42-24-14-26-46(32-42)56-59-51(39-19-9-3-10-20-39)36-52(60-56)40-21-11-4-12-22-40/h1-21,23-27,29-30,32-36,40-41,44H,22,28,31H2. The Morgan fingerprint density at radius 3 is 1.85 bits per heavy atom. The van der Waals surface area contributed by atoms with Gasteiger partial charge in [0.1, 0.15) is 0 Å². The lowest BCUT2D eigenvalue weighted by Gasteiger charge is -2.19. The molecule has 292 valence electrons. The molecule has 3 heterocycles. The number of nitrogens with zero attached hydrogens (tertiary/aromatic N) is 4. The molecule has 5 heteroatoms. The Balaban J connectivity index is 0.908. The van der Waals surface area contributed by atoms with Gasteiger partial charge in [-0.15, -0.1) is 11.3 Å². The van der Waals surface area contributed by atoms with E-state index in [1.54, 1.807) is 0 Å². The van der Waals surface area contributed by atoms with Crippen molar-refractivity contribution in [3.63, 3.8) is 0 Å². The molecule has 5 aromatic carbocycles. The Kier molecular flexibility index (Phi) is 9.80. The molecule has 3 aliphatic rings. The monoisotopic (exact) mass is 802 g/mol. The first-order valence-electron chi connectivity index (χ1n) is 21.2. The maximum absolute atomic E-state index is 5.19. The van der Waals surface area contributed by atoms with Crippen LogP contribution in [0.2, 0.25) is 0 Å². The lowest BCUT2D eigenvalue weighted by molar-refractivity contribution is 0.811. The maximum atomic E-state index is 5.19. The van der Waals surface area contributed by atoms with E-state index in [-0.39, 0.29) is 17.8 Å². The van der Waals surface area contributed by atoms with Crippen molar-refractivity contribution in [2.75, 3.05) is 0 Å². The zero-order valence-corrected chi connectivity index (χ0v) is 34.4. The van der Waals surface area contributed by atoms with Gasteiger partial charge >= 0.3 is 0 Å². The number of hydrogen-bond acceptors (Lipinski definition) is 5. The van der Waals surface area contributed by atoms with Gasteiger partial charge in [-0.05, 0) is 71.5 Å². The van der Waals surface area contributed by atoms with E-state index in [9.17, 15) is 0 Å². The third-order valence-corrected chi connectivity index (χ3v) is 13.3. The molecule has 0 bridgehead atoms.